The van der Waals surface area contributed by atoms with Crippen molar-refractivity contribution in [3.05, 3.63) is 120 Å². The van der Waals surface area contributed by atoms with E-state index in [0.717, 1.165) is 33.7 Å². The first kappa shape index (κ1) is 29.8. The summed E-state index contributed by atoms with van der Waals surface area (Å²) in [7, 11) is 5.55. The molecule has 0 aliphatic carbocycles. The van der Waals surface area contributed by atoms with Crippen LogP contribution in [-0.2, 0) is 16.1 Å². The van der Waals surface area contributed by atoms with Gasteiger partial charge < -0.3 is 19.1 Å². The van der Waals surface area contributed by atoms with Crippen LogP contribution in [0.25, 0.3) is 6.08 Å². The molecule has 1 aromatic heterocycles. The Morgan fingerprint density at radius 2 is 1.79 bits per heavy atom. The minimum Gasteiger partial charge on any atom is -0.496 e. The Kier molecular flexibility index (Phi) is 8.82. The van der Waals surface area contributed by atoms with Gasteiger partial charge in [-0.15, -0.1) is 0 Å². The van der Waals surface area contributed by atoms with E-state index in [1.54, 1.807) is 25.5 Å². The summed E-state index contributed by atoms with van der Waals surface area (Å²) in [5.74, 6) is 1.02. The first-order valence-electron chi connectivity index (χ1n) is 14.0. The van der Waals surface area contributed by atoms with E-state index < -0.39 is 12.0 Å². The van der Waals surface area contributed by atoms with Crippen molar-refractivity contribution in [3.63, 3.8) is 0 Å². The third-order valence-corrected chi connectivity index (χ3v) is 8.30. The second kappa shape index (κ2) is 12.7. The minimum atomic E-state index is -0.664. The zero-order valence-electron chi connectivity index (χ0n) is 25.2. The molecule has 5 rings (SSSR count). The number of ether oxygens (including phenoxy) is 3. The largest absolute Gasteiger partial charge is 0.496 e. The molecule has 2 heterocycles. The fraction of sp³-hybridized carbons (Fsp3) is 0.265. The van der Waals surface area contributed by atoms with Crippen molar-refractivity contribution >= 4 is 29.1 Å². The topological polar surface area (TPSA) is 82.4 Å². The maximum absolute atomic E-state index is 14.0. The van der Waals surface area contributed by atoms with Crippen LogP contribution in [0.3, 0.4) is 0 Å². The van der Waals surface area contributed by atoms with Crippen molar-refractivity contribution < 1.29 is 19.0 Å². The van der Waals surface area contributed by atoms with Crippen molar-refractivity contribution in [2.24, 2.45) is 4.99 Å². The predicted octanol–water partition coefficient (Wildman–Crippen LogP) is 4.76. The molecule has 0 fully saturated rings. The number of methoxy groups -OCH3 is 1. The lowest BCUT2D eigenvalue weighted by Gasteiger charge is -2.25. The predicted molar refractivity (Wildman–Crippen MR) is 170 cm³/mol. The number of allylic oxidation sites excluding steroid dienone is 1. The third-order valence-electron chi connectivity index (χ3n) is 7.32. The molecule has 1 unspecified atom stereocenters. The van der Waals surface area contributed by atoms with E-state index in [1.807, 2.05) is 98.7 Å². The molecule has 3 aromatic carbocycles. The summed E-state index contributed by atoms with van der Waals surface area (Å²) in [5.41, 5.74) is 5.20. The fourth-order valence-electron chi connectivity index (χ4n) is 5.09. The number of carbonyl (C=O) groups is 1. The summed E-state index contributed by atoms with van der Waals surface area (Å²) in [6, 6.07) is 20.8. The molecule has 1 atom stereocenters. The summed E-state index contributed by atoms with van der Waals surface area (Å²) in [4.78, 5) is 34.4. The van der Waals surface area contributed by atoms with Gasteiger partial charge in [-0.25, -0.2) is 9.79 Å². The number of nitrogens with zero attached hydrogens (tertiary/aromatic N) is 3. The van der Waals surface area contributed by atoms with Gasteiger partial charge in [0.05, 0.1) is 35.6 Å². The Bertz CT molecular complexity index is 1870. The molecule has 9 heteroatoms. The number of hydrogen-bond donors (Lipinski definition) is 0. The van der Waals surface area contributed by atoms with Gasteiger partial charge in [-0.1, -0.05) is 47.7 Å². The molecule has 4 aromatic rings. The Morgan fingerprint density at radius 3 is 2.47 bits per heavy atom. The SMILES string of the molecule is CCOC(=O)C1=C(C)N=c2s/c(=C\c3ccc(OC)c(COc4ccccc4C)c3)c(=O)n2C1c1ccc(N(C)C)cc1. The molecule has 0 saturated carbocycles. The summed E-state index contributed by atoms with van der Waals surface area (Å²) in [6.45, 7) is 6.08. The van der Waals surface area contributed by atoms with Gasteiger partial charge in [-0.2, -0.15) is 0 Å². The number of para-hydroxylation sites is 1. The second-order valence-corrected chi connectivity index (χ2v) is 11.4. The average Bonchev–Trinajstić information content (AvgIpc) is 3.30. The van der Waals surface area contributed by atoms with Gasteiger partial charge in [0.1, 0.15) is 18.1 Å². The minimum absolute atomic E-state index is 0.222. The maximum atomic E-state index is 14.0. The highest BCUT2D eigenvalue weighted by Gasteiger charge is 2.33. The first-order valence-corrected chi connectivity index (χ1v) is 14.9. The summed E-state index contributed by atoms with van der Waals surface area (Å²) >= 11 is 1.29. The number of esters is 1. The zero-order chi connectivity index (χ0) is 30.7. The summed E-state index contributed by atoms with van der Waals surface area (Å²) in [6.07, 6.45) is 1.84. The van der Waals surface area contributed by atoms with Gasteiger partial charge in [-0.3, -0.25) is 9.36 Å². The fourth-order valence-corrected chi connectivity index (χ4v) is 6.13. The van der Waals surface area contributed by atoms with E-state index >= 15 is 0 Å². The van der Waals surface area contributed by atoms with Crippen LogP contribution < -0.4 is 29.3 Å². The number of thiazole rings is 1. The van der Waals surface area contributed by atoms with E-state index in [0.29, 0.717) is 33.0 Å². The summed E-state index contributed by atoms with van der Waals surface area (Å²) in [5, 5.41) is 0. The monoisotopic (exact) mass is 597 g/mol. The third kappa shape index (κ3) is 6.12. The summed E-state index contributed by atoms with van der Waals surface area (Å²) < 4.78 is 19.2. The van der Waals surface area contributed by atoms with Crippen LogP contribution in [-0.4, -0.2) is 38.3 Å². The molecule has 0 bridgehead atoms. The number of anilines is 1. The van der Waals surface area contributed by atoms with E-state index in [1.165, 1.54) is 11.3 Å². The quantitative estimate of drug-likeness (QED) is 0.259. The van der Waals surface area contributed by atoms with Crippen LogP contribution in [0.1, 0.15) is 42.1 Å². The second-order valence-electron chi connectivity index (χ2n) is 10.4. The molecule has 1 aliphatic heterocycles. The van der Waals surface area contributed by atoms with Crippen molar-refractivity contribution in [2.75, 3.05) is 32.7 Å². The number of hydrogen-bond acceptors (Lipinski definition) is 8. The van der Waals surface area contributed by atoms with Crippen LogP contribution in [0.5, 0.6) is 11.5 Å². The van der Waals surface area contributed by atoms with Gasteiger partial charge in [0, 0.05) is 25.3 Å². The lowest BCUT2D eigenvalue weighted by molar-refractivity contribution is -0.139. The number of carbonyl (C=O) groups excluding carboxylic acids is 1. The van der Waals surface area contributed by atoms with Gasteiger partial charge >= 0.3 is 5.97 Å². The highest BCUT2D eigenvalue weighted by atomic mass is 32.1. The van der Waals surface area contributed by atoms with E-state index in [2.05, 4.69) is 4.99 Å². The number of aromatic nitrogens is 1. The van der Waals surface area contributed by atoms with Gasteiger partial charge in [-0.05, 0) is 73.9 Å². The number of fused-ring (bicyclic) bond motifs is 1. The van der Waals surface area contributed by atoms with Crippen molar-refractivity contribution in [3.8, 4) is 11.5 Å². The Hall–Kier alpha value is -4.63. The van der Waals surface area contributed by atoms with E-state index in [4.69, 9.17) is 14.2 Å². The van der Waals surface area contributed by atoms with Gasteiger partial charge in [0.15, 0.2) is 4.80 Å². The Labute approximate surface area is 254 Å². The highest BCUT2D eigenvalue weighted by molar-refractivity contribution is 7.07. The molecule has 222 valence electrons. The van der Waals surface area contributed by atoms with Crippen molar-refractivity contribution in [1.29, 1.82) is 0 Å². The Balaban J connectivity index is 1.58. The van der Waals surface area contributed by atoms with Crippen LogP contribution >= 0.6 is 11.3 Å². The van der Waals surface area contributed by atoms with E-state index in [9.17, 15) is 9.59 Å². The molecule has 0 spiro atoms. The lowest BCUT2D eigenvalue weighted by Crippen LogP contribution is -2.39. The number of benzene rings is 3. The zero-order valence-corrected chi connectivity index (χ0v) is 26.0. The molecule has 0 saturated heterocycles. The Morgan fingerprint density at radius 1 is 1.05 bits per heavy atom. The normalized spacial score (nSPS) is 14.7. The van der Waals surface area contributed by atoms with Crippen LogP contribution in [0, 0.1) is 6.92 Å². The molecular weight excluding hydrogens is 562 g/mol. The molecule has 43 heavy (non-hydrogen) atoms. The molecule has 8 nitrogen and oxygen atoms in total. The lowest BCUT2D eigenvalue weighted by atomic mass is 9.95. The van der Waals surface area contributed by atoms with Crippen molar-refractivity contribution in [2.45, 2.75) is 33.4 Å². The molecule has 0 amide bonds. The molecule has 1 aliphatic rings. The van der Waals surface area contributed by atoms with Crippen LogP contribution in [0.15, 0.2) is 87.8 Å². The van der Waals surface area contributed by atoms with Gasteiger partial charge in [0.2, 0.25) is 0 Å². The van der Waals surface area contributed by atoms with Gasteiger partial charge in [0.25, 0.3) is 5.56 Å². The number of aryl methyl sites for hydroxylation is 1. The average molecular weight is 598 g/mol. The highest BCUT2D eigenvalue weighted by Crippen LogP contribution is 2.32. The smallest absolute Gasteiger partial charge is 0.338 e. The van der Waals surface area contributed by atoms with Crippen LogP contribution in [0.4, 0.5) is 5.69 Å². The standard InChI is InChI=1S/C34H35N3O5S/c1-7-41-33(39)30-22(3)35-34-37(31(30)24-13-15-26(16-14-24)36(4)5)32(38)29(43-34)19-23-12-17-28(40-6)25(18-23)20-42-27-11-9-8-10-21(27)2/h8-19,31H,7,20H2,1-6H3/b29-19-. The van der Waals surface area contributed by atoms with E-state index in [-0.39, 0.29) is 12.2 Å². The number of rotatable bonds is 9. The first-order chi connectivity index (χ1) is 20.7. The maximum Gasteiger partial charge on any atom is 0.338 e. The van der Waals surface area contributed by atoms with Crippen molar-refractivity contribution in [1.82, 2.24) is 4.57 Å². The molecule has 0 radical (unpaired) electrons. The van der Waals surface area contributed by atoms with Crippen LogP contribution in [0.2, 0.25) is 0 Å². The molecule has 0 N–H and O–H groups in total. The molecular formula is C34H35N3O5S.